The van der Waals surface area contributed by atoms with Crippen molar-refractivity contribution >= 4 is 11.9 Å². The molecule has 0 saturated heterocycles. The van der Waals surface area contributed by atoms with Crippen LogP contribution < -0.4 is 4.57 Å². The van der Waals surface area contributed by atoms with Gasteiger partial charge in [-0.25, -0.2) is 4.57 Å². The van der Waals surface area contributed by atoms with E-state index in [0.29, 0.717) is 6.61 Å². The number of aromatic nitrogens is 1. The van der Waals surface area contributed by atoms with E-state index in [1.165, 1.54) is 0 Å². The highest BCUT2D eigenvalue weighted by molar-refractivity contribution is 5.72. The van der Waals surface area contributed by atoms with E-state index in [0.717, 1.165) is 51.5 Å². The van der Waals surface area contributed by atoms with Gasteiger partial charge in [-0.15, -0.1) is 0 Å². The van der Waals surface area contributed by atoms with Gasteiger partial charge in [-0.05, 0) is 19.8 Å². The lowest BCUT2D eigenvalue weighted by atomic mass is 9.97. The number of nitrogens with zero attached hydrogens (tertiary/aromatic N) is 1. The quantitative estimate of drug-likeness (QED) is 0.341. The Labute approximate surface area is 144 Å². The van der Waals surface area contributed by atoms with Gasteiger partial charge in [0.15, 0.2) is 12.4 Å². The minimum absolute atomic E-state index is 0.0586. The maximum Gasteiger partial charge on any atom is 0.309 e. The fraction of sp³-hybridized carbons (Fsp3) is 0.632. The SMILES string of the molecule is CCOC(=O)C(CCCCCCCC(=O)O)CC[n+]1ccccc1. The van der Waals surface area contributed by atoms with Crippen LogP contribution in [0.15, 0.2) is 30.6 Å². The number of hydrogen-bond donors (Lipinski definition) is 1. The predicted octanol–water partition coefficient (Wildman–Crippen LogP) is 3.36. The maximum absolute atomic E-state index is 12.1. The van der Waals surface area contributed by atoms with E-state index in [1.807, 2.05) is 37.5 Å². The van der Waals surface area contributed by atoms with Gasteiger partial charge in [0.1, 0.15) is 6.54 Å². The molecular weight excluding hydrogens is 306 g/mol. The van der Waals surface area contributed by atoms with Crippen LogP contribution in [0.25, 0.3) is 0 Å². The van der Waals surface area contributed by atoms with Gasteiger partial charge in [-0.1, -0.05) is 31.7 Å². The molecule has 1 N–H and O–H groups in total. The van der Waals surface area contributed by atoms with Crippen molar-refractivity contribution in [3.63, 3.8) is 0 Å². The lowest BCUT2D eigenvalue weighted by Gasteiger charge is -2.14. The molecule has 0 amide bonds. The van der Waals surface area contributed by atoms with Gasteiger partial charge in [0.2, 0.25) is 0 Å². The molecule has 0 aromatic carbocycles. The Hall–Kier alpha value is -1.91. The summed E-state index contributed by atoms with van der Waals surface area (Å²) in [5, 5.41) is 8.60. The first kappa shape index (κ1) is 20.1. The first-order valence-corrected chi connectivity index (χ1v) is 8.96. The minimum Gasteiger partial charge on any atom is -0.481 e. The Morgan fingerprint density at radius 3 is 2.33 bits per heavy atom. The number of ether oxygens (including phenoxy) is 1. The summed E-state index contributed by atoms with van der Waals surface area (Å²) in [5.74, 6) is -0.882. The fourth-order valence-corrected chi connectivity index (χ4v) is 2.73. The monoisotopic (exact) mass is 336 g/mol. The third kappa shape index (κ3) is 9.28. The molecule has 1 heterocycles. The van der Waals surface area contributed by atoms with Crippen LogP contribution in [0.2, 0.25) is 0 Å². The van der Waals surface area contributed by atoms with E-state index >= 15 is 0 Å². The largest absolute Gasteiger partial charge is 0.481 e. The van der Waals surface area contributed by atoms with Gasteiger partial charge in [-0.2, -0.15) is 0 Å². The molecule has 24 heavy (non-hydrogen) atoms. The summed E-state index contributed by atoms with van der Waals surface area (Å²) in [5.41, 5.74) is 0. The second-order valence-electron chi connectivity index (χ2n) is 6.05. The van der Waals surface area contributed by atoms with Crippen molar-refractivity contribution < 1.29 is 24.0 Å². The number of pyridine rings is 1. The van der Waals surface area contributed by atoms with Crippen molar-refractivity contribution in [2.75, 3.05) is 6.61 Å². The third-order valence-electron chi connectivity index (χ3n) is 4.08. The molecule has 1 atom stereocenters. The molecule has 0 bridgehead atoms. The maximum atomic E-state index is 12.1. The van der Waals surface area contributed by atoms with Gasteiger partial charge < -0.3 is 9.84 Å². The number of carboxylic acids is 1. The summed E-state index contributed by atoms with van der Waals surface area (Å²) >= 11 is 0. The van der Waals surface area contributed by atoms with E-state index in [-0.39, 0.29) is 18.3 Å². The lowest BCUT2D eigenvalue weighted by molar-refractivity contribution is -0.698. The minimum atomic E-state index is -0.726. The average molecular weight is 336 g/mol. The average Bonchev–Trinajstić information content (AvgIpc) is 2.57. The number of unbranched alkanes of at least 4 members (excludes halogenated alkanes) is 4. The van der Waals surface area contributed by atoms with E-state index in [4.69, 9.17) is 9.84 Å². The molecule has 0 radical (unpaired) electrons. The molecular formula is C19H30NO4+. The fourth-order valence-electron chi connectivity index (χ4n) is 2.73. The number of carbonyl (C=O) groups excluding carboxylic acids is 1. The molecule has 0 aliphatic heterocycles. The Bertz CT molecular complexity index is 476. The second-order valence-corrected chi connectivity index (χ2v) is 6.05. The van der Waals surface area contributed by atoms with E-state index in [9.17, 15) is 9.59 Å². The van der Waals surface area contributed by atoms with Gasteiger partial charge in [0.05, 0.1) is 12.5 Å². The third-order valence-corrected chi connectivity index (χ3v) is 4.08. The molecule has 1 unspecified atom stereocenters. The molecule has 0 saturated carbocycles. The molecule has 0 fully saturated rings. The van der Waals surface area contributed by atoms with Crippen LogP contribution in [0.1, 0.15) is 58.3 Å². The summed E-state index contributed by atoms with van der Waals surface area (Å²) in [6.45, 7) is 3.06. The zero-order valence-corrected chi connectivity index (χ0v) is 14.7. The summed E-state index contributed by atoms with van der Waals surface area (Å²) in [6, 6.07) is 5.94. The predicted molar refractivity (Wildman–Crippen MR) is 91.3 cm³/mol. The topological polar surface area (TPSA) is 67.5 Å². The highest BCUT2D eigenvalue weighted by Gasteiger charge is 2.20. The van der Waals surface area contributed by atoms with Crippen molar-refractivity contribution in [1.29, 1.82) is 0 Å². The van der Waals surface area contributed by atoms with Crippen LogP contribution in [0.3, 0.4) is 0 Å². The summed E-state index contributed by atoms with van der Waals surface area (Å²) in [6.07, 6.45) is 10.6. The number of carboxylic acid groups (broad SMARTS) is 1. The van der Waals surface area contributed by atoms with Crippen molar-refractivity contribution in [3.05, 3.63) is 30.6 Å². The first-order valence-electron chi connectivity index (χ1n) is 8.96. The molecule has 5 nitrogen and oxygen atoms in total. The van der Waals surface area contributed by atoms with Crippen molar-refractivity contribution in [2.45, 2.75) is 64.8 Å². The molecule has 0 aliphatic carbocycles. The molecule has 5 heteroatoms. The number of rotatable bonds is 13. The van der Waals surface area contributed by atoms with Crippen LogP contribution in [0.4, 0.5) is 0 Å². The molecule has 134 valence electrons. The number of hydrogen-bond acceptors (Lipinski definition) is 3. The lowest BCUT2D eigenvalue weighted by Crippen LogP contribution is -2.34. The standard InChI is InChI=1S/C19H29NO4/c1-2-24-19(23)17(13-16-20-14-9-6-10-15-20)11-7-4-3-5-8-12-18(21)22/h6,9-10,14-15,17H,2-5,7-8,11-13,16H2,1H3/p+1. The van der Waals surface area contributed by atoms with Crippen molar-refractivity contribution in [2.24, 2.45) is 5.92 Å². The van der Waals surface area contributed by atoms with Crippen LogP contribution >= 0.6 is 0 Å². The number of esters is 1. The number of carbonyl (C=O) groups is 2. The Kier molecular flexibility index (Phi) is 10.5. The molecule has 0 aliphatic rings. The van der Waals surface area contributed by atoms with Crippen molar-refractivity contribution in [1.82, 2.24) is 0 Å². The number of aryl methyl sites for hydroxylation is 1. The van der Waals surface area contributed by atoms with E-state index < -0.39 is 5.97 Å². The number of aliphatic carboxylic acids is 1. The van der Waals surface area contributed by atoms with Crippen LogP contribution in [0.5, 0.6) is 0 Å². The zero-order valence-electron chi connectivity index (χ0n) is 14.7. The smallest absolute Gasteiger partial charge is 0.309 e. The second kappa shape index (κ2) is 12.5. The van der Waals surface area contributed by atoms with Gasteiger partial charge in [0, 0.05) is 25.0 Å². The van der Waals surface area contributed by atoms with Crippen LogP contribution in [-0.2, 0) is 20.9 Å². The summed E-state index contributed by atoms with van der Waals surface area (Å²) < 4.78 is 7.28. The summed E-state index contributed by atoms with van der Waals surface area (Å²) in [7, 11) is 0. The van der Waals surface area contributed by atoms with Crippen LogP contribution in [-0.4, -0.2) is 23.7 Å². The normalized spacial score (nSPS) is 11.9. The highest BCUT2D eigenvalue weighted by atomic mass is 16.5. The van der Waals surface area contributed by atoms with E-state index in [1.54, 1.807) is 0 Å². The van der Waals surface area contributed by atoms with Gasteiger partial charge in [0.25, 0.3) is 0 Å². The Balaban J connectivity index is 2.29. The zero-order chi connectivity index (χ0) is 17.6. The van der Waals surface area contributed by atoms with Crippen LogP contribution in [0, 0.1) is 5.92 Å². The van der Waals surface area contributed by atoms with Crippen molar-refractivity contribution in [3.8, 4) is 0 Å². The summed E-state index contributed by atoms with van der Waals surface area (Å²) in [4.78, 5) is 22.6. The molecule has 1 aromatic rings. The Morgan fingerprint density at radius 1 is 1.00 bits per heavy atom. The van der Waals surface area contributed by atoms with Gasteiger partial charge >= 0.3 is 11.9 Å². The highest BCUT2D eigenvalue weighted by Crippen LogP contribution is 2.17. The molecule has 1 rings (SSSR count). The Morgan fingerprint density at radius 2 is 1.67 bits per heavy atom. The van der Waals surface area contributed by atoms with Gasteiger partial charge in [-0.3, -0.25) is 9.59 Å². The molecule has 0 spiro atoms. The molecule has 1 aromatic heterocycles. The first-order chi connectivity index (χ1) is 11.6. The van der Waals surface area contributed by atoms with E-state index in [2.05, 4.69) is 4.57 Å².